The molecule has 0 atom stereocenters. The molecule has 5 nitrogen and oxygen atoms in total. The van der Waals surface area contributed by atoms with Gasteiger partial charge in [-0.2, -0.15) is 0 Å². The number of aliphatic hydroxyl groups excluding tert-OH is 1. The Bertz CT molecular complexity index is 558. The number of benzene rings is 1. The van der Waals surface area contributed by atoms with Crippen molar-refractivity contribution in [2.75, 3.05) is 32.7 Å². The van der Waals surface area contributed by atoms with Crippen LogP contribution in [0, 0.1) is 0 Å². The average molecular weight is 262 g/mol. The molecule has 2 aromatic rings. The fourth-order valence-electron chi connectivity index (χ4n) is 1.93. The molecule has 0 spiro atoms. The lowest BCUT2D eigenvalue weighted by atomic mass is 10.1. The Morgan fingerprint density at radius 3 is 2.63 bits per heavy atom. The SMILES string of the molecule is COc1cc2ccnc(NCCCO)c2cc1OC. The fraction of sp³-hybridized carbons (Fsp3) is 0.357. The zero-order valence-electron chi connectivity index (χ0n) is 11.1. The summed E-state index contributed by atoms with van der Waals surface area (Å²) < 4.78 is 10.6. The molecule has 0 aliphatic rings. The van der Waals surface area contributed by atoms with Crippen molar-refractivity contribution in [3.8, 4) is 11.5 Å². The molecule has 0 saturated heterocycles. The predicted molar refractivity (Wildman–Crippen MR) is 75.0 cm³/mol. The molecular weight excluding hydrogens is 244 g/mol. The van der Waals surface area contributed by atoms with Gasteiger partial charge < -0.3 is 19.9 Å². The largest absolute Gasteiger partial charge is 0.493 e. The van der Waals surface area contributed by atoms with Gasteiger partial charge in [-0.15, -0.1) is 0 Å². The maximum atomic E-state index is 8.81. The number of hydrogen-bond acceptors (Lipinski definition) is 5. The summed E-state index contributed by atoms with van der Waals surface area (Å²) in [6, 6.07) is 5.75. The minimum Gasteiger partial charge on any atom is -0.493 e. The first-order valence-corrected chi connectivity index (χ1v) is 6.15. The van der Waals surface area contributed by atoms with Crippen LogP contribution in [-0.4, -0.2) is 37.5 Å². The number of aromatic nitrogens is 1. The molecule has 0 unspecified atom stereocenters. The molecule has 0 aliphatic carbocycles. The van der Waals surface area contributed by atoms with Gasteiger partial charge in [-0.05, 0) is 30.0 Å². The third kappa shape index (κ3) is 2.88. The summed E-state index contributed by atoms with van der Waals surface area (Å²) >= 11 is 0. The maximum absolute atomic E-state index is 8.81. The number of rotatable bonds is 6. The van der Waals surface area contributed by atoms with E-state index in [1.807, 2.05) is 18.2 Å². The molecule has 1 heterocycles. The van der Waals surface area contributed by atoms with Gasteiger partial charge in [0.05, 0.1) is 14.2 Å². The van der Waals surface area contributed by atoms with Gasteiger partial charge in [0.25, 0.3) is 0 Å². The van der Waals surface area contributed by atoms with Crippen molar-refractivity contribution < 1.29 is 14.6 Å². The summed E-state index contributed by atoms with van der Waals surface area (Å²) in [5, 5.41) is 14.0. The predicted octanol–water partition coefficient (Wildman–Crippen LogP) is 2.05. The fourth-order valence-corrected chi connectivity index (χ4v) is 1.93. The van der Waals surface area contributed by atoms with E-state index in [2.05, 4.69) is 10.3 Å². The molecule has 102 valence electrons. The Morgan fingerprint density at radius 2 is 1.95 bits per heavy atom. The normalized spacial score (nSPS) is 10.5. The molecular formula is C14H18N2O3. The average Bonchev–Trinajstić information content (AvgIpc) is 2.46. The molecule has 0 aliphatic heterocycles. The zero-order chi connectivity index (χ0) is 13.7. The molecule has 2 N–H and O–H groups in total. The quantitative estimate of drug-likeness (QED) is 0.780. The number of anilines is 1. The molecule has 2 rings (SSSR count). The van der Waals surface area contributed by atoms with E-state index in [9.17, 15) is 0 Å². The minimum absolute atomic E-state index is 0.162. The summed E-state index contributed by atoms with van der Waals surface area (Å²) in [5.41, 5.74) is 0. The van der Waals surface area contributed by atoms with Gasteiger partial charge in [0, 0.05) is 24.7 Å². The maximum Gasteiger partial charge on any atom is 0.161 e. The Labute approximate surface area is 112 Å². The molecule has 0 amide bonds. The van der Waals surface area contributed by atoms with Gasteiger partial charge >= 0.3 is 0 Å². The zero-order valence-corrected chi connectivity index (χ0v) is 11.1. The van der Waals surface area contributed by atoms with Gasteiger partial charge in [-0.1, -0.05) is 0 Å². The van der Waals surface area contributed by atoms with Crippen molar-refractivity contribution >= 4 is 16.6 Å². The molecule has 0 fully saturated rings. The van der Waals surface area contributed by atoms with E-state index in [1.54, 1.807) is 20.4 Å². The van der Waals surface area contributed by atoms with Gasteiger partial charge in [0.15, 0.2) is 11.5 Å². The molecule has 1 aromatic carbocycles. The van der Waals surface area contributed by atoms with Gasteiger partial charge in [-0.25, -0.2) is 4.98 Å². The Hall–Kier alpha value is -2.01. The molecule has 0 bridgehead atoms. The third-order valence-electron chi connectivity index (χ3n) is 2.90. The van der Waals surface area contributed by atoms with Crippen LogP contribution in [-0.2, 0) is 0 Å². The summed E-state index contributed by atoms with van der Waals surface area (Å²) in [5.74, 6) is 2.16. The molecule has 19 heavy (non-hydrogen) atoms. The number of ether oxygens (including phenoxy) is 2. The first kappa shape index (κ1) is 13.4. The molecule has 0 saturated carbocycles. The highest BCUT2D eigenvalue weighted by atomic mass is 16.5. The van der Waals surface area contributed by atoms with Crippen LogP contribution in [0.4, 0.5) is 5.82 Å². The monoisotopic (exact) mass is 262 g/mol. The van der Waals surface area contributed by atoms with Crippen LogP contribution < -0.4 is 14.8 Å². The first-order valence-electron chi connectivity index (χ1n) is 6.15. The number of fused-ring (bicyclic) bond motifs is 1. The lowest BCUT2D eigenvalue weighted by molar-refractivity contribution is 0.292. The Kier molecular flexibility index (Phi) is 4.41. The Morgan fingerprint density at radius 1 is 1.21 bits per heavy atom. The van der Waals surface area contributed by atoms with Crippen LogP contribution in [0.25, 0.3) is 10.8 Å². The van der Waals surface area contributed by atoms with Gasteiger partial charge in [0.1, 0.15) is 5.82 Å². The number of methoxy groups -OCH3 is 2. The third-order valence-corrected chi connectivity index (χ3v) is 2.90. The van der Waals surface area contributed by atoms with Crippen molar-refractivity contribution in [1.29, 1.82) is 0 Å². The second kappa shape index (κ2) is 6.24. The van der Waals surface area contributed by atoms with Crippen molar-refractivity contribution in [2.45, 2.75) is 6.42 Å². The topological polar surface area (TPSA) is 63.6 Å². The van der Waals surface area contributed by atoms with E-state index in [4.69, 9.17) is 14.6 Å². The van der Waals surface area contributed by atoms with Crippen LogP contribution in [0.1, 0.15) is 6.42 Å². The Balaban J connectivity index is 2.42. The highest BCUT2D eigenvalue weighted by molar-refractivity contribution is 5.94. The lowest BCUT2D eigenvalue weighted by Crippen LogP contribution is -2.05. The van der Waals surface area contributed by atoms with E-state index in [1.165, 1.54) is 0 Å². The summed E-state index contributed by atoms with van der Waals surface area (Å²) in [7, 11) is 3.23. The lowest BCUT2D eigenvalue weighted by Gasteiger charge is -2.12. The van der Waals surface area contributed by atoms with E-state index < -0.39 is 0 Å². The van der Waals surface area contributed by atoms with Crippen LogP contribution >= 0.6 is 0 Å². The van der Waals surface area contributed by atoms with Gasteiger partial charge in [0.2, 0.25) is 0 Å². The molecule has 5 heteroatoms. The summed E-state index contributed by atoms with van der Waals surface area (Å²) in [6.45, 7) is 0.839. The van der Waals surface area contributed by atoms with E-state index in [-0.39, 0.29) is 6.61 Å². The highest BCUT2D eigenvalue weighted by Gasteiger charge is 2.09. The molecule has 0 radical (unpaired) electrons. The van der Waals surface area contributed by atoms with Gasteiger partial charge in [-0.3, -0.25) is 0 Å². The number of nitrogens with one attached hydrogen (secondary N) is 1. The second-order valence-corrected chi connectivity index (χ2v) is 4.09. The number of pyridine rings is 1. The minimum atomic E-state index is 0.162. The first-order chi connectivity index (χ1) is 9.30. The smallest absolute Gasteiger partial charge is 0.161 e. The van der Waals surface area contributed by atoms with Crippen LogP contribution in [0.2, 0.25) is 0 Å². The van der Waals surface area contributed by atoms with Crippen molar-refractivity contribution in [3.63, 3.8) is 0 Å². The number of hydrogen-bond donors (Lipinski definition) is 2. The number of nitrogens with zero attached hydrogens (tertiary/aromatic N) is 1. The second-order valence-electron chi connectivity index (χ2n) is 4.09. The van der Waals surface area contributed by atoms with Crippen LogP contribution in [0.3, 0.4) is 0 Å². The van der Waals surface area contributed by atoms with Crippen molar-refractivity contribution in [3.05, 3.63) is 24.4 Å². The highest BCUT2D eigenvalue weighted by Crippen LogP contribution is 2.34. The standard InChI is InChI=1S/C14H18N2O3/c1-18-12-8-10-4-6-16-14(15-5-3-7-17)11(10)9-13(12)19-2/h4,6,8-9,17H,3,5,7H2,1-2H3,(H,15,16). The molecule has 1 aromatic heterocycles. The van der Waals surface area contributed by atoms with Crippen molar-refractivity contribution in [2.24, 2.45) is 0 Å². The van der Waals surface area contributed by atoms with Crippen LogP contribution in [0.15, 0.2) is 24.4 Å². The van der Waals surface area contributed by atoms with Crippen molar-refractivity contribution in [1.82, 2.24) is 4.98 Å². The summed E-state index contributed by atoms with van der Waals surface area (Å²) in [4.78, 5) is 4.32. The van der Waals surface area contributed by atoms with E-state index >= 15 is 0 Å². The van der Waals surface area contributed by atoms with Crippen LogP contribution in [0.5, 0.6) is 11.5 Å². The summed E-state index contributed by atoms with van der Waals surface area (Å²) in [6.07, 6.45) is 2.43. The van der Waals surface area contributed by atoms with E-state index in [0.717, 1.165) is 16.6 Å². The number of aliphatic hydroxyl groups is 1. The van der Waals surface area contributed by atoms with E-state index in [0.29, 0.717) is 24.5 Å².